The molecule has 0 aliphatic rings. The van der Waals surface area contributed by atoms with E-state index in [1.807, 2.05) is 13.0 Å². The van der Waals surface area contributed by atoms with E-state index in [4.69, 9.17) is 23.2 Å². The molecule has 0 aromatic carbocycles. The van der Waals surface area contributed by atoms with Gasteiger partial charge in [0.2, 0.25) is 0 Å². The van der Waals surface area contributed by atoms with Crippen LogP contribution in [0.5, 0.6) is 0 Å². The van der Waals surface area contributed by atoms with Crippen LogP contribution in [0.15, 0.2) is 22.9 Å². The first kappa shape index (κ1) is 12.7. The van der Waals surface area contributed by atoms with Gasteiger partial charge in [0.25, 0.3) is 0 Å². The maximum atomic E-state index is 5.97. The molecule has 6 heteroatoms. The Balaban J connectivity index is 2.61. The van der Waals surface area contributed by atoms with Crippen LogP contribution in [-0.4, -0.2) is 15.0 Å². The van der Waals surface area contributed by atoms with E-state index in [1.54, 1.807) is 12.4 Å². The highest BCUT2D eigenvalue weighted by Gasteiger charge is 2.12. The monoisotopic (exact) mass is 331 g/mol. The molecule has 2 aromatic heterocycles. The minimum atomic E-state index is 0.305. The standard InChI is InChI=1S/C11H8BrCl2N3/c1-2-6-5-15-4-3-7(6)11-16-9(13)8(12)10(14)17-11/h3-5H,2H2,1H3. The summed E-state index contributed by atoms with van der Waals surface area (Å²) in [6.45, 7) is 2.04. The van der Waals surface area contributed by atoms with Crippen molar-refractivity contribution < 1.29 is 0 Å². The second-order valence-corrected chi connectivity index (χ2v) is 4.84. The van der Waals surface area contributed by atoms with E-state index in [2.05, 4.69) is 30.9 Å². The molecule has 0 amide bonds. The number of hydrogen-bond acceptors (Lipinski definition) is 3. The Hall–Kier alpha value is -0.710. The Labute approximate surface area is 117 Å². The van der Waals surface area contributed by atoms with Gasteiger partial charge in [-0.05, 0) is 34.0 Å². The summed E-state index contributed by atoms with van der Waals surface area (Å²) >= 11 is 15.2. The molecular formula is C11H8BrCl2N3. The summed E-state index contributed by atoms with van der Waals surface area (Å²) in [6, 6.07) is 1.86. The number of pyridine rings is 1. The molecule has 17 heavy (non-hydrogen) atoms. The van der Waals surface area contributed by atoms with Gasteiger partial charge in [-0.15, -0.1) is 0 Å². The Morgan fingerprint density at radius 3 is 2.47 bits per heavy atom. The van der Waals surface area contributed by atoms with Gasteiger partial charge in [0.15, 0.2) is 5.82 Å². The van der Waals surface area contributed by atoms with Crippen molar-refractivity contribution in [2.75, 3.05) is 0 Å². The lowest BCUT2D eigenvalue weighted by molar-refractivity contribution is 1.08. The van der Waals surface area contributed by atoms with Crippen molar-refractivity contribution in [2.45, 2.75) is 13.3 Å². The van der Waals surface area contributed by atoms with E-state index < -0.39 is 0 Å². The van der Waals surface area contributed by atoms with Gasteiger partial charge in [0.05, 0.1) is 4.47 Å². The smallest absolute Gasteiger partial charge is 0.163 e. The zero-order chi connectivity index (χ0) is 12.4. The molecule has 88 valence electrons. The van der Waals surface area contributed by atoms with Crippen LogP contribution >= 0.6 is 39.1 Å². The lowest BCUT2D eigenvalue weighted by Gasteiger charge is -2.07. The van der Waals surface area contributed by atoms with E-state index in [0.29, 0.717) is 20.6 Å². The van der Waals surface area contributed by atoms with Gasteiger partial charge < -0.3 is 0 Å². The van der Waals surface area contributed by atoms with E-state index in [9.17, 15) is 0 Å². The van der Waals surface area contributed by atoms with Gasteiger partial charge >= 0.3 is 0 Å². The van der Waals surface area contributed by atoms with Gasteiger partial charge in [-0.3, -0.25) is 4.98 Å². The molecule has 0 spiro atoms. The van der Waals surface area contributed by atoms with Crippen LogP contribution in [0.1, 0.15) is 12.5 Å². The molecule has 0 bridgehead atoms. The van der Waals surface area contributed by atoms with Crippen LogP contribution in [-0.2, 0) is 6.42 Å². The van der Waals surface area contributed by atoms with Crippen LogP contribution in [0.4, 0.5) is 0 Å². The largest absolute Gasteiger partial charge is 0.264 e. The minimum absolute atomic E-state index is 0.305. The first-order valence-corrected chi connectivity index (χ1v) is 6.50. The highest BCUT2D eigenvalue weighted by atomic mass is 79.9. The van der Waals surface area contributed by atoms with Crippen molar-refractivity contribution in [2.24, 2.45) is 0 Å². The zero-order valence-electron chi connectivity index (χ0n) is 8.91. The first-order valence-electron chi connectivity index (χ1n) is 4.95. The Morgan fingerprint density at radius 1 is 1.24 bits per heavy atom. The lowest BCUT2D eigenvalue weighted by Crippen LogP contribution is -1.96. The summed E-state index contributed by atoms with van der Waals surface area (Å²) in [5.74, 6) is 0.516. The number of aryl methyl sites for hydroxylation is 1. The fourth-order valence-corrected chi connectivity index (χ4v) is 2.01. The van der Waals surface area contributed by atoms with Crippen LogP contribution in [0.3, 0.4) is 0 Å². The van der Waals surface area contributed by atoms with Crippen LogP contribution in [0.25, 0.3) is 11.4 Å². The zero-order valence-corrected chi connectivity index (χ0v) is 12.0. The Morgan fingerprint density at radius 2 is 1.88 bits per heavy atom. The summed E-state index contributed by atoms with van der Waals surface area (Å²) in [4.78, 5) is 12.5. The van der Waals surface area contributed by atoms with E-state index in [0.717, 1.165) is 17.5 Å². The molecule has 2 aromatic rings. The molecule has 0 saturated heterocycles. The van der Waals surface area contributed by atoms with Gasteiger partial charge in [-0.25, -0.2) is 9.97 Å². The second-order valence-electron chi connectivity index (χ2n) is 3.33. The lowest BCUT2D eigenvalue weighted by atomic mass is 10.1. The van der Waals surface area contributed by atoms with Crippen molar-refractivity contribution >= 4 is 39.1 Å². The minimum Gasteiger partial charge on any atom is -0.264 e. The SMILES string of the molecule is CCc1cnccc1-c1nc(Cl)c(Br)c(Cl)n1. The quantitative estimate of drug-likeness (QED) is 0.775. The molecule has 2 heterocycles. The van der Waals surface area contributed by atoms with E-state index in [-0.39, 0.29) is 0 Å². The van der Waals surface area contributed by atoms with Crippen LogP contribution < -0.4 is 0 Å². The maximum Gasteiger partial charge on any atom is 0.163 e. The Bertz CT molecular complexity index is 537. The highest BCUT2D eigenvalue weighted by Crippen LogP contribution is 2.30. The average Bonchev–Trinajstić information content (AvgIpc) is 2.35. The topological polar surface area (TPSA) is 38.7 Å². The molecule has 3 nitrogen and oxygen atoms in total. The fourth-order valence-electron chi connectivity index (χ4n) is 1.44. The van der Waals surface area contributed by atoms with Crippen molar-refractivity contribution in [3.05, 3.63) is 38.8 Å². The number of rotatable bonds is 2. The molecule has 0 radical (unpaired) electrons. The second kappa shape index (κ2) is 5.29. The predicted molar refractivity (Wildman–Crippen MR) is 72.4 cm³/mol. The average molecular weight is 333 g/mol. The van der Waals surface area contributed by atoms with Gasteiger partial charge in [0, 0.05) is 18.0 Å². The Kier molecular flexibility index (Phi) is 3.97. The number of aromatic nitrogens is 3. The van der Waals surface area contributed by atoms with Crippen LogP contribution in [0.2, 0.25) is 10.3 Å². The van der Waals surface area contributed by atoms with Crippen LogP contribution in [0, 0.1) is 0 Å². The maximum absolute atomic E-state index is 5.97. The van der Waals surface area contributed by atoms with Crippen molar-refractivity contribution in [3.8, 4) is 11.4 Å². The molecule has 0 aliphatic carbocycles. The molecule has 0 unspecified atom stereocenters. The van der Waals surface area contributed by atoms with Gasteiger partial charge in [-0.2, -0.15) is 0 Å². The molecule has 2 rings (SSSR count). The predicted octanol–water partition coefficient (Wildman–Crippen LogP) is 4.17. The van der Waals surface area contributed by atoms with Crippen molar-refractivity contribution in [3.63, 3.8) is 0 Å². The summed E-state index contributed by atoms with van der Waals surface area (Å²) < 4.78 is 0.511. The normalized spacial score (nSPS) is 10.6. The van der Waals surface area contributed by atoms with Gasteiger partial charge in [-0.1, -0.05) is 30.1 Å². The number of nitrogens with zero attached hydrogens (tertiary/aromatic N) is 3. The molecule has 0 fully saturated rings. The highest BCUT2D eigenvalue weighted by molar-refractivity contribution is 9.10. The molecular weight excluding hydrogens is 325 g/mol. The summed E-state index contributed by atoms with van der Waals surface area (Å²) in [5.41, 5.74) is 1.96. The summed E-state index contributed by atoms with van der Waals surface area (Å²) in [7, 11) is 0. The third-order valence-electron chi connectivity index (χ3n) is 2.30. The molecule has 0 aliphatic heterocycles. The first-order chi connectivity index (χ1) is 8.13. The van der Waals surface area contributed by atoms with E-state index >= 15 is 0 Å². The molecule has 0 atom stereocenters. The summed E-state index contributed by atoms with van der Waals surface area (Å²) in [5, 5.41) is 0.609. The van der Waals surface area contributed by atoms with E-state index in [1.165, 1.54) is 0 Å². The number of hydrogen-bond donors (Lipinski definition) is 0. The summed E-state index contributed by atoms with van der Waals surface area (Å²) in [6.07, 6.45) is 4.34. The third-order valence-corrected chi connectivity index (χ3v) is 4.05. The van der Waals surface area contributed by atoms with Gasteiger partial charge in [0.1, 0.15) is 10.3 Å². The fraction of sp³-hybridized carbons (Fsp3) is 0.182. The molecule has 0 saturated carbocycles. The van der Waals surface area contributed by atoms with Crippen molar-refractivity contribution in [1.29, 1.82) is 0 Å². The molecule has 0 N–H and O–H groups in total. The van der Waals surface area contributed by atoms with Crippen molar-refractivity contribution in [1.82, 2.24) is 15.0 Å². The third kappa shape index (κ3) is 2.59. The number of halogens is 3.